The molecule has 1 heterocycles. The first kappa shape index (κ1) is 18.6. The molecule has 1 aliphatic rings. The van der Waals surface area contributed by atoms with Gasteiger partial charge in [0, 0.05) is 18.7 Å². The zero-order valence-electron chi connectivity index (χ0n) is 15.4. The van der Waals surface area contributed by atoms with Gasteiger partial charge in [0.1, 0.15) is 0 Å². The SMILES string of the molecule is CCCN(Cc1ccccc1)C(=O)c1ccc(CN2C(=O)CNC2=O)cc1. The number of amides is 4. The molecule has 0 aliphatic carbocycles. The fourth-order valence-electron chi connectivity index (χ4n) is 3.06. The van der Waals surface area contributed by atoms with Gasteiger partial charge in [-0.15, -0.1) is 0 Å². The van der Waals surface area contributed by atoms with E-state index < -0.39 is 0 Å². The number of hydrogen-bond acceptors (Lipinski definition) is 3. The third-order valence-electron chi connectivity index (χ3n) is 4.48. The Hall–Kier alpha value is -3.15. The van der Waals surface area contributed by atoms with E-state index in [0.29, 0.717) is 18.7 Å². The molecular formula is C21H23N3O3. The van der Waals surface area contributed by atoms with Gasteiger partial charge in [-0.25, -0.2) is 4.79 Å². The number of rotatable bonds is 7. The molecule has 6 heteroatoms. The van der Waals surface area contributed by atoms with Gasteiger partial charge in [-0.2, -0.15) is 0 Å². The maximum Gasteiger partial charge on any atom is 0.324 e. The van der Waals surface area contributed by atoms with Crippen LogP contribution >= 0.6 is 0 Å². The first-order valence-corrected chi connectivity index (χ1v) is 9.09. The van der Waals surface area contributed by atoms with Crippen molar-refractivity contribution in [2.75, 3.05) is 13.1 Å². The quantitative estimate of drug-likeness (QED) is 0.767. The molecule has 140 valence electrons. The Bertz CT molecular complexity index is 802. The highest BCUT2D eigenvalue weighted by Gasteiger charge is 2.28. The summed E-state index contributed by atoms with van der Waals surface area (Å²) < 4.78 is 0. The van der Waals surface area contributed by atoms with Crippen LogP contribution < -0.4 is 5.32 Å². The minimum atomic E-state index is -0.378. The first-order valence-electron chi connectivity index (χ1n) is 9.09. The summed E-state index contributed by atoms with van der Waals surface area (Å²) in [4.78, 5) is 39.2. The van der Waals surface area contributed by atoms with E-state index in [0.717, 1.165) is 17.5 Å². The molecular weight excluding hydrogens is 342 g/mol. The normalized spacial score (nSPS) is 13.6. The van der Waals surface area contributed by atoms with Crippen LogP contribution in [0.3, 0.4) is 0 Å². The number of carbonyl (C=O) groups is 3. The van der Waals surface area contributed by atoms with E-state index >= 15 is 0 Å². The highest BCUT2D eigenvalue weighted by atomic mass is 16.2. The lowest BCUT2D eigenvalue weighted by molar-refractivity contribution is -0.125. The van der Waals surface area contributed by atoms with Crippen molar-refractivity contribution in [3.05, 3.63) is 71.3 Å². The van der Waals surface area contributed by atoms with Crippen LogP contribution in [0.5, 0.6) is 0 Å². The van der Waals surface area contributed by atoms with Crippen LogP contribution in [0.2, 0.25) is 0 Å². The monoisotopic (exact) mass is 365 g/mol. The van der Waals surface area contributed by atoms with E-state index in [2.05, 4.69) is 5.32 Å². The van der Waals surface area contributed by atoms with Gasteiger partial charge >= 0.3 is 6.03 Å². The van der Waals surface area contributed by atoms with Crippen LogP contribution in [0.15, 0.2) is 54.6 Å². The average Bonchev–Trinajstić information content (AvgIpc) is 3.00. The number of benzene rings is 2. The van der Waals surface area contributed by atoms with Crippen LogP contribution in [0.25, 0.3) is 0 Å². The van der Waals surface area contributed by atoms with Gasteiger partial charge in [0.25, 0.3) is 5.91 Å². The lowest BCUT2D eigenvalue weighted by Gasteiger charge is -2.22. The molecule has 2 aromatic rings. The molecule has 0 aromatic heterocycles. The van der Waals surface area contributed by atoms with Gasteiger partial charge < -0.3 is 10.2 Å². The van der Waals surface area contributed by atoms with E-state index in [1.54, 1.807) is 24.3 Å². The molecule has 1 N–H and O–H groups in total. The Morgan fingerprint density at radius 2 is 1.74 bits per heavy atom. The number of nitrogens with zero attached hydrogens (tertiary/aromatic N) is 2. The summed E-state index contributed by atoms with van der Waals surface area (Å²) in [5.41, 5.74) is 2.50. The van der Waals surface area contributed by atoms with Crippen molar-refractivity contribution >= 4 is 17.8 Å². The van der Waals surface area contributed by atoms with Crippen molar-refractivity contribution in [2.24, 2.45) is 0 Å². The summed E-state index contributed by atoms with van der Waals surface area (Å²) in [5, 5.41) is 2.50. The highest BCUT2D eigenvalue weighted by Crippen LogP contribution is 2.14. The topological polar surface area (TPSA) is 69.7 Å². The van der Waals surface area contributed by atoms with Crippen molar-refractivity contribution < 1.29 is 14.4 Å². The van der Waals surface area contributed by atoms with Crippen LogP contribution in [0, 0.1) is 0 Å². The molecule has 3 rings (SSSR count). The lowest BCUT2D eigenvalue weighted by Crippen LogP contribution is -2.31. The molecule has 0 atom stereocenters. The van der Waals surface area contributed by atoms with Crippen molar-refractivity contribution in [3.8, 4) is 0 Å². The standard InChI is InChI=1S/C21H23N3O3/c1-2-12-23(14-16-6-4-3-5-7-16)20(26)18-10-8-17(9-11-18)15-24-19(25)13-22-21(24)27/h3-11H,2,12-15H2,1H3,(H,22,27). The molecule has 2 aromatic carbocycles. The first-order chi connectivity index (χ1) is 13.1. The number of carbonyl (C=O) groups excluding carboxylic acids is 3. The van der Waals surface area contributed by atoms with Gasteiger partial charge in [-0.05, 0) is 29.7 Å². The van der Waals surface area contributed by atoms with E-state index in [9.17, 15) is 14.4 Å². The smallest absolute Gasteiger partial charge is 0.324 e. The van der Waals surface area contributed by atoms with E-state index in [1.165, 1.54) is 4.90 Å². The van der Waals surface area contributed by atoms with Crippen LogP contribution in [0.1, 0.15) is 34.8 Å². The molecule has 0 radical (unpaired) electrons. The summed E-state index contributed by atoms with van der Waals surface area (Å²) in [6, 6.07) is 16.6. The Morgan fingerprint density at radius 3 is 2.33 bits per heavy atom. The second-order valence-electron chi connectivity index (χ2n) is 6.55. The number of imide groups is 1. The van der Waals surface area contributed by atoms with E-state index in [1.807, 2.05) is 42.2 Å². The minimum absolute atomic E-state index is 0.0257. The maximum absolute atomic E-state index is 12.9. The Kier molecular flexibility index (Phi) is 5.86. The zero-order valence-corrected chi connectivity index (χ0v) is 15.4. The minimum Gasteiger partial charge on any atom is -0.334 e. The van der Waals surface area contributed by atoms with Crippen molar-refractivity contribution in [3.63, 3.8) is 0 Å². The molecule has 6 nitrogen and oxygen atoms in total. The predicted molar refractivity (Wildman–Crippen MR) is 102 cm³/mol. The van der Waals surface area contributed by atoms with Crippen molar-refractivity contribution in [2.45, 2.75) is 26.4 Å². The largest absolute Gasteiger partial charge is 0.334 e. The molecule has 27 heavy (non-hydrogen) atoms. The molecule has 1 saturated heterocycles. The van der Waals surface area contributed by atoms with Gasteiger partial charge in [0.2, 0.25) is 5.91 Å². The number of hydrogen-bond donors (Lipinski definition) is 1. The highest BCUT2D eigenvalue weighted by molar-refractivity contribution is 6.01. The molecule has 0 spiro atoms. The molecule has 0 bridgehead atoms. The average molecular weight is 365 g/mol. The second kappa shape index (κ2) is 8.49. The summed E-state index contributed by atoms with van der Waals surface area (Å²) in [6.07, 6.45) is 0.878. The van der Waals surface area contributed by atoms with E-state index in [-0.39, 0.29) is 30.9 Å². The van der Waals surface area contributed by atoms with Gasteiger partial charge in [0.05, 0.1) is 13.1 Å². The van der Waals surface area contributed by atoms with Gasteiger partial charge in [0.15, 0.2) is 0 Å². The number of urea groups is 1. The van der Waals surface area contributed by atoms with Gasteiger partial charge in [-0.1, -0.05) is 49.4 Å². The molecule has 0 unspecified atom stereocenters. The van der Waals surface area contributed by atoms with Crippen molar-refractivity contribution in [1.82, 2.24) is 15.1 Å². The second-order valence-corrected chi connectivity index (χ2v) is 6.55. The van der Waals surface area contributed by atoms with Crippen LogP contribution in [0.4, 0.5) is 4.79 Å². The van der Waals surface area contributed by atoms with E-state index in [4.69, 9.17) is 0 Å². The Morgan fingerprint density at radius 1 is 1.04 bits per heavy atom. The third kappa shape index (κ3) is 4.53. The molecule has 4 amide bonds. The summed E-state index contributed by atoms with van der Waals surface area (Å²) in [6.45, 7) is 3.55. The van der Waals surface area contributed by atoms with Gasteiger partial charge in [-0.3, -0.25) is 14.5 Å². The third-order valence-corrected chi connectivity index (χ3v) is 4.48. The predicted octanol–water partition coefficient (Wildman–Crippen LogP) is 2.79. The van der Waals surface area contributed by atoms with Crippen molar-refractivity contribution in [1.29, 1.82) is 0 Å². The molecule has 0 saturated carbocycles. The Labute approximate surface area is 158 Å². The zero-order chi connectivity index (χ0) is 19.2. The van der Waals surface area contributed by atoms with Crippen LogP contribution in [-0.2, 0) is 17.9 Å². The molecule has 1 aliphatic heterocycles. The Balaban J connectivity index is 1.69. The van der Waals surface area contributed by atoms with Crippen LogP contribution in [-0.4, -0.2) is 40.7 Å². The summed E-state index contributed by atoms with van der Waals surface area (Å²) in [5.74, 6) is -0.264. The fraction of sp³-hybridized carbons (Fsp3) is 0.286. The lowest BCUT2D eigenvalue weighted by atomic mass is 10.1. The maximum atomic E-state index is 12.9. The summed E-state index contributed by atoms with van der Waals surface area (Å²) >= 11 is 0. The summed E-state index contributed by atoms with van der Waals surface area (Å²) in [7, 11) is 0. The molecule has 1 fully saturated rings. The fourth-order valence-corrected chi connectivity index (χ4v) is 3.06. The number of nitrogens with one attached hydrogen (secondary N) is 1.